The molecule has 0 amide bonds. The average Bonchev–Trinajstić information content (AvgIpc) is 2.35. The second kappa shape index (κ2) is 3.72. The van der Waals surface area contributed by atoms with Crippen LogP contribution in [-0.2, 0) is 0 Å². The van der Waals surface area contributed by atoms with Crippen molar-refractivity contribution in [1.29, 1.82) is 0 Å². The Morgan fingerprint density at radius 3 is 2.69 bits per heavy atom. The van der Waals surface area contributed by atoms with Crippen molar-refractivity contribution >= 4 is 29.2 Å². The van der Waals surface area contributed by atoms with E-state index in [-0.39, 0.29) is 0 Å². The van der Waals surface area contributed by atoms with Crippen molar-refractivity contribution in [2.24, 2.45) is 0 Å². The van der Waals surface area contributed by atoms with Crippen LogP contribution in [0.3, 0.4) is 0 Å². The van der Waals surface area contributed by atoms with Crippen LogP contribution in [0.4, 0.5) is 11.4 Å². The highest BCUT2D eigenvalue weighted by Crippen LogP contribution is 2.45. The van der Waals surface area contributed by atoms with Crippen molar-refractivity contribution in [2.45, 2.75) is 9.79 Å². The molecular weight excluding hydrogens is 214 g/mol. The van der Waals surface area contributed by atoms with Gasteiger partial charge in [-0.1, -0.05) is 48.7 Å². The molecule has 1 heterocycles. The summed E-state index contributed by atoms with van der Waals surface area (Å²) in [4.78, 5) is 2.53. The summed E-state index contributed by atoms with van der Waals surface area (Å²) in [7, 11) is 0. The highest BCUT2D eigenvalue weighted by molar-refractivity contribution is 7.99. The van der Waals surface area contributed by atoms with Crippen LogP contribution in [0.2, 0.25) is 0 Å². The maximum Gasteiger partial charge on any atom is 0.0599 e. The van der Waals surface area contributed by atoms with Gasteiger partial charge in [0.15, 0.2) is 0 Å². The van der Waals surface area contributed by atoms with Crippen LogP contribution < -0.4 is 5.32 Å². The SMILES string of the molecule is C=Cc1cccc2c1Nc1ccccc1S2. The molecular formula is C14H11NS. The highest BCUT2D eigenvalue weighted by Gasteiger charge is 2.16. The first-order valence-electron chi connectivity index (χ1n) is 5.18. The van der Waals surface area contributed by atoms with Gasteiger partial charge in [0.05, 0.1) is 11.4 Å². The van der Waals surface area contributed by atoms with Crippen LogP contribution in [0.25, 0.3) is 6.08 Å². The molecule has 1 nitrogen and oxygen atoms in total. The summed E-state index contributed by atoms with van der Waals surface area (Å²) in [6.07, 6.45) is 1.89. The molecule has 0 spiro atoms. The molecule has 0 unspecified atom stereocenters. The molecule has 0 aliphatic carbocycles. The minimum Gasteiger partial charge on any atom is -0.353 e. The quantitative estimate of drug-likeness (QED) is 0.652. The number of rotatable bonds is 1. The molecule has 0 aromatic heterocycles. The van der Waals surface area contributed by atoms with Gasteiger partial charge >= 0.3 is 0 Å². The van der Waals surface area contributed by atoms with E-state index in [2.05, 4.69) is 48.3 Å². The van der Waals surface area contributed by atoms with Gasteiger partial charge < -0.3 is 5.32 Å². The Morgan fingerprint density at radius 2 is 1.81 bits per heavy atom. The van der Waals surface area contributed by atoms with Crippen molar-refractivity contribution in [3.05, 3.63) is 54.6 Å². The van der Waals surface area contributed by atoms with Gasteiger partial charge in [0.25, 0.3) is 0 Å². The van der Waals surface area contributed by atoms with Crippen LogP contribution >= 0.6 is 11.8 Å². The van der Waals surface area contributed by atoms with Crippen LogP contribution in [0.1, 0.15) is 5.56 Å². The van der Waals surface area contributed by atoms with E-state index < -0.39 is 0 Å². The second-order valence-electron chi connectivity index (χ2n) is 3.65. The Morgan fingerprint density at radius 1 is 1.00 bits per heavy atom. The summed E-state index contributed by atoms with van der Waals surface area (Å²) in [5.74, 6) is 0. The Bertz CT molecular complexity index is 560. The topological polar surface area (TPSA) is 12.0 Å². The van der Waals surface area contributed by atoms with Gasteiger partial charge in [-0.25, -0.2) is 0 Å². The fourth-order valence-corrected chi connectivity index (χ4v) is 2.88. The minimum absolute atomic E-state index is 1.15. The first-order valence-corrected chi connectivity index (χ1v) is 5.99. The highest BCUT2D eigenvalue weighted by atomic mass is 32.2. The van der Waals surface area contributed by atoms with Gasteiger partial charge in [-0.2, -0.15) is 0 Å². The molecule has 1 N–H and O–H groups in total. The maximum absolute atomic E-state index is 3.85. The van der Waals surface area contributed by atoms with Crippen molar-refractivity contribution in [3.63, 3.8) is 0 Å². The van der Waals surface area contributed by atoms with E-state index in [1.807, 2.05) is 12.1 Å². The Labute approximate surface area is 99.2 Å². The summed E-state index contributed by atoms with van der Waals surface area (Å²) in [6, 6.07) is 14.6. The summed E-state index contributed by atoms with van der Waals surface area (Å²) >= 11 is 1.80. The zero-order valence-corrected chi connectivity index (χ0v) is 9.55. The standard InChI is InChI=1S/C14H11NS/c1-2-10-6-5-9-13-14(10)15-11-7-3-4-8-12(11)16-13/h2-9,15H,1H2. The molecule has 0 saturated carbocycles. The van der Waals surface area contributed by atoms with Crippen molar-refractivity contribution in [1.82, 2.24) is 0 Å². The molecule has 2 aromatic carbocycles. The summed E-state index contributed by atoms with van der Waals surface area (Å²) in [5.41, 5.74) is 3.50. The molecule has 0 saturated heterocycles. The Hall–Kier alpha value is -1.67. The van der Waals surface area contributed by atoms with E-state index in [1.54, 1.807) is 11.8 Å². The smallest absolute Gasteiger partial charge is 0.0599 e. The van der Waals surface area contributed by atoms with E-state index in [9.17, 15) is 0 Å². The third kappa shape index (κ3) is 1.42. The molecule has 78 valence electrons. The third-order valence-electron chi connectivity index (χ3n) is 2.65. The van der Waals surface area contributed by atoms with E-state index >= 15 is 0 Å². The zero-order valence-electron chi connectivity index (χ0n) is 8.73. The van der Waals surface area contributed by atoms with Crippen LogP contribution in [0.5, 0.6) is 0 Å². The molecule has 0 bridgehead atoms. The van der Waals surface area contributed by atoms with Gasteiger partial charge in [-0.15, -0.1) is 0 Å². The third-order valence-corrected chi connectivity index (χ3v) is 3.78. The summed E-state index contributed by atoms with van der Waals surface area (Å²) < 4.78 is 0. The molecule has 1 aliphatic rings. The van der Waals surface area contributed by atoms with Crippen LogP contribution in [-0.4, -0.2) is 0 Å². The molecule has 1 aliphatic heterocycles. The fourth-order valence-electron chi connectivity index (χ4n) is 1.85. The molecule has 0 radical (unpaired) electrons. The van der Waals surface area contributed by atoms with E-state index in [1.165, 1.54) is 21.2 Å². The lowest BCUT2D eigenvalue weighted by Crippen LogP contribution is -2.01. The monoisotopic (exact) mass is 225 g/mol. The fraction of sp³-hybridized carbons (Fsp3) is 0. The van der Waals surface area contributed by atoms with Crippen molar-refractivity contribution < 1.29 is 0 Å². The zero-order chi connectivity index (χ0) is 11.0. The van der Waals surface area contributed by atoms with Crippen LogP contribution in [0, 0.1) is 0 Å². The van der Waals surface area contributed by atoms with E-state index in [0.29, 0.717) is 0 Å². The van der Waals surface area contributed by atoms with Gasteiger partial charge in [-0.3, -0.25) is 0 Å². The number of hydrogen-bond donors (Lipinski definition) is 1. The van der Waals surface area contributed by atoms with Gasteiger partial charge in [0.2, 0.25) is 0 Å². The van der Waals surface area contributed by atoms with E-state index in [4.69, 9.17) is 0 Å². The lowest BCUT2D eigenvalue weighted by Gasteiger charge is -2.22. The van der Waals surface area contributed by atoms with Gasteiger partial charge in [0, 0.05) is 9.79 Å². The van der Waals surface area contributed by atoms with Crippen LogP contribution in [0.15, 0.2) is 58.8 Å². The van der Waals surface area contributed by atoms with E-state index in [0.717, 1.165) is 5.56 Å². The molecule has 2 aromatic rings. The largest absolute Gasteiger partial charge is 0.353 e. The number of anilines is 2. The predicted molar refractivity (Wildman–Crippen MR) is 70.4 cm³/mol. The first-order chi connectivity index (χ1) is 7.88. The number of benzene rings is 2. The number of para-hydroxylation sites is 2. The lowest BCUT2D eigenvalue weighted by atomic mass is 10.1. The first kappa shape index (κ1) is 9.55. The normalized spacial score (nSPS) is 12.2. The minimum atomic E-state index is 1.15. The molecule has 3 rings (SSSR count). The van der Waals surface area contributed by atoms with Gasteiger partial charge in [-0.05, 0) is 23.8 Å². The summed E-state index contributed by atoms with van der Waals surface area (Å²) in [5, 5.41) is 3.47. The van der Waals surface area contributed by atoms with Crippen molar-refractivity contribution in [3.8, 4) is 0 Å². The Balaban J connectivity index is 2.15. The Kier molecular flexibility index (Phi) is 2.22. The number of hydrogen-bond acceptors (Lipinski definition) is 2. The molecule has 2 heteroatoms. The lowest BCUT2D eigenvalue weighted by molar-refractivity contribution is 1.31. The molecule has 0 fully saturated rings. The predicted octanol–water partition coefficient (Wildman–Crippen LogP) is 4.54. The number of nitrogens with one attached hydrogen (secondary N) is 1. The number of fused-ring (bicyclic) bond motifs is 2. The summed E-state index contributed by atoms with van der Waals surface area (Å²) in [6.45, 7) is 3.85. The average molecular weight is 225 g/mol. The molecule has 0 atom stereocenters. The van der Waals surface area contributed by atoms with Crippen molar-refractivity contribution in [2.75, 3.05) is 5.32 Å². The van der Waals surface area contributed by atoms with Gasteiger partial charge in [0.1, 0.15) is 0 Å². The molecule has 16 heavy (non-hydrogen) atoms. The second-order valence-corrected chi connectivity index (χ2v) is 4.73. The maximum atomic E-state index is 3.85.